The lowest BCUT2D eigenvalue weighted by atomic mass is 10.1. The number of nitrogens with two attached hydrogens (primary N) is 1. The molecule has 0 aliphatic carbocycles. The molecule has 3 heteroatoms. The summed E-state index contributed by atoms with van der Waals surface area (Å²) in [4.78, 5) is 6.76. The van der Waals surface area contributed by atoms with Gasteiger partial charge in [0.2, 0.25) is 0 Å². The highest BCUT2D eigenvalue weighted by Gasteiger charge is 2.17. The van der Waals surface area contributed by atoms with Crippen LogP contribution in [0.1, 0.15) is 31.4 Å². The van der Waals surface area contributed by atoms with Crippen LogP contribution in [-0.4, -0.2) is 18.1 Å². The van der Waals surface area contributed by atoms with E-state index in [1.807, 2.05) is 19.2 Å². The van der Waals surface area contributed by atoms with E-state index >= 15 is 0 Å². The fraction of sp³-hybridized carbons (Fsp3) is 0.545. The third-order valence-corrected chi connectivity index (χ3v) is 2.71. The molecular weight excluding hydrogens is 174 g/mol. The van der Waals surface area contributed by atoms with Gasteiger partial charge in [-0.05, 0) is 25.8 Å². The summed E-state index contributed by atoms with van der Waals surface area (Å²) in [6, 6.07) is 4.10. The van der Waals surface area contributed by atoms with Gasteiger partial charge in [-0.3, -0.25) is 0 Å². The minimum Gasteiger partial charge on any atom is -0.356 e. The van der Waals surface area contributed by atoms with Gasteiger partial charge in [0.25, 0.3) is 0 Å². The first kappa shape index (κ1) is 9.46. The van der Waals surface area contributed by atoms with E-state index in [9.17, 15) is 0 Å². The Kier molecular flexibility index (Phi) is 2.68. The van der Waals surface area contributed by atoms with E-state index in [0.717, 1.165) is 24.5 Å². The molecule has 2 N–H and O–H groups in total. The second-order valence-corrected chi connectivity index (χ2v) is 3.90. The highest BCUT2D eigenvalue weighted by molar-refractivity contribution is 5.48. The van der Waals surface area contributed by atoms with Crippen molar-refractivity contribution < 1.29 is 0 Å². The summed E-state index contributed by atoms with van der Waals surface area (Å²) in [6.45, 7) is 4.25. The van der Waals surface area contributed by atoms with E-state index in [4.69, 9.17) is 5.73 Å². The molecule has 0 bridgehead atoms. The molecular formula is C11H17N3. The van der Waals surface area contributed by atoms with Crippen molar-refractivity contribution in [3.05, 3.63) is 23.9 Å². The van der Waals surface area contributed by atoms with Gasteiger partial charge in [-0.2, -0.15) is 0 Å². The summed E-state index contributed by atoms with van der Waals surface area (Å²) in [5, 5.41) is 0. The number of pyridine rings is 1. The van der Waals surface area contributed by atoms with Gasteiger partial charge < -0.3 is 10.6 Å². The average Bonchev–Trinajstić information content (AvgIpc) is 2.70. The highest BCUT2D eigenvalue weighted by Crippen LogP contribution is 2.25. The molecule has 0 saturated carbocycles. The van der Waals surface area contributed by atoms with Crippen LogP contribution in [0.2, 0.25) is 0 Å². The van der Waals surface area contributed by atoms with Crippen molar-refractivity contribution >= 4 is 5.82 Å². The molecule has 1 aromatic heterocycles. The van der Waals surface area contributed by atoms with Crippen LogP contribution >= 0.6 is 0 Å². The van der Waals surface area contributed by atoms with E-state index in [1.165, 1.54) is 12.8 Å². The lowest BCUT2D eigenvalue weighted by molar-refractivity contribution is 0.794. The van der Waals surface area contributed by atoms with Gasteiger partial charge >= 0.3 is 0 Å². The van der Waals surface area contributed by atoms with Crippen LogP contribution in [0.3, 0.4) is 0 Å². The summed E-state index contributed by atoms with van der Waals surface area (Å²) in [7, 11) is 0. The standard InChI is InChI=1S/C11H17N3/c1-9(12)10-5-4-6-13-11(10)14-7-2-3-8-14/h4-6,9H,2-3,7-8,12H2,1H3. The minimum absolute atomic E-state index is 0.0688. The number of anilines is 1. The molecule has 3 nitrogen and oxygen atoms in total. The SMILES string of the molecule is CC(N)c1cccnc1N1CCCC1. The number of nitrogens with zero attached hydrogens (tertiary/aromatic N) is 2. The van der Waals surface area contributed by atoms with Gasteiger partial charge in [0.05, 0.1) is 0 Å². The van der Waals surface area contributed by atoms with Crippen LogP contribution in [0.4, 0.5) is 5.82 Å². The van der Waals surface area contributed by atoms with Crippen LogP contribution < -0.4 is 10.6 Å². The Morgan fingerprint density at radius 3 is 2.79 bits per heavy atom. The minimum atomic E-state index is 0.0688. The van der Waals surface area contributed by atoms with Crippen LogP contribution in [0.25, 0.3) is 0 Å². The second-order valence-electron chi connectivity index (χ2n) is 3.90. The van der Waals surface area contributed by atoms with Crippen molar-refractivity contribution in [2.75, 3.05) is 18.0 Å². The van der Waals surface area contributed by atoms with Gasteiger partial charge in [-0.25, -0.2) is 4.98 Å². The monoisotopic (exact) mass is 191 g/mol. The van der Waals surface area contributed by atoms with E-state index in [0.29, 0.717) is 0 Å². The quantitative estimate of drug-likeness (QED) is 0.773. The Labute approximate surface area is 84.9 Å². The van der Waals surface area contributed by atoms with Crippen molar-refractivity contribution in [2.24, 2.45) is 5.73 Å². The molecule has 0 amide bonds. The Morgan fingerprint density at radius 1 is 1.43 bits per heavy atom. The van der Waals surface area contributed by atoms with Crippen molar-refractivity contribution in [3.63, 3.8) is 0 Å². The fourth-order valence-electron chi connectivity index (χ4n) is 1.96. The van der Waals surface area contributed by atoms with E-state index < -0.39 is 0 Å². The number of aromatic nitrogens is 1. The molecule has 1 unspecified atom stereocenters. The average molecular weight is 191 g/mol. The third-order valence-electron chi connectivity index (χ3n) is 2.71. The van der Waals surface area contributed by atoms with Crippen LogP contribution in [0.15, 0.2) is 18.3 Å². The Hall–Kier alpha value is -1.09. The maximum Gasteiger partial charge on any atom is 0.133 e. The van der Waals surface area contributed by atoms with E-state index in [2.05, 4.69) is 16.0 Å². The Bertz CT molecular complexity index is 303. The Balaban J connectivity index is 2.30. The maximum atomic E-state index is 5.92. The topological polar surface area (TPSA) is 42.1 Å². The van der Waals surface area contributed by atoms with Crippen LogP contribution in [0, 0.1) is 0 Å². The summed E-state index contributed by atoms with van der Waals surface area (Å²) in [5.41, 5.74) is 7.08. The number of hydrogen-bond donors (Lipinski definition) is 1. The summed E-state index contributed by atoms with van der Waals surface area (Å²) < 4.78 is 0. The van der Waals surface area contributed by atoms with Crippen molar-refractivity contribution in [1.29, 1.82) is 0 Å². The molecule has 76 valence electrons. The molecule has 0 spiro atoms. The van der Waals surface area contributed by atoms with Gasteiger partial charge in [-0.15, -0.1) is 0 Å². The third kappa shape index (κ3) is 1.73. The summed E-state index contributed by atoms with van der Waals surface area (Å²) >= 11 is 0. The zero-order chi connectivity index (χ0) is 9.97. The predicted molar refractivity (Wildman–Crippen MR) is 58.3 cm³/mol. The molecule has 1 atom stereocenters. The first-order chi connectivity index (χ1) is 6.79. The number of hydrogen-bond acceptors (Lipinski definition) is 3. The molecule has 1 aliphatic rings. The molecule has 2 rings (SSSR count). The summed E-state index contributed by atoms with van der Waals surface area (Å²) in [6.07, 6.45) is 4.39. The maximum absolute atomic E-state index is 5.92. The fourth-order valence-corrected chi connectivity index (χ4v) is 1.96. The van der Waals surface area contributed by atoms with Crippen molar-refractivity contribution in [2.45, 2.75) is 25.8 Å². The first-order valence-electron chi connectivity index (χ1n) is 5.24. The molecule has 1 fully saturated rings. The molecule has 0 aromatic carbocycles. The molecule has 1 saturated heterocycles. The Morgan fingerprint density at radius 2 is 2.14 bits per heavy atom. The van der Waals surface area contributed by atoms with Crippen molar-refractivity contribution in [3.8, 4) is 0 Å². The lowest BCUT2D eigenvalue weighted by Gasteiger charge is -2.21. The zero-order valence-electron chi connectivity index (χ0n) is 8.61. The smallest absolute Gasteiger partial charge is 0.133 e. The van der Waals surface area contributed by atoms with Crippen LogP contribution in [-0.2, 0) is 0 Å². The van der Waals surface area contributed by atoms with Crippen molar-refractivity contribution in [1.82, 2.24) is 4.98 Å². The van der Waals surface area contributed by atoms with Gasteiger partial charge in [-0.1, -0.05) is 6.07 Å². The lowest BCUT2D eigenvalue weighted by Crippen LogP contribution is -2.22. The summed E-state index contributed by atoms with van der Waals surface area (Å²) in [5.74, 6) is 1.08. The second kappa shape index (κ2) is 3.96. The normalized spacial score (nSPS) is 18.6. The first-order valence-corrected chi connectivity index (χ1v) is 5.24. The zero-order valence-corrected chi connectivity index (χ0v) is 8.61. The highest BCUT2D eigenvalue weighted by atomic mass is 15.2. The van der Waals surface area contributed by atoms with Gasteiger partial charge in [0, 0.05) is 30.9 Å². The molecule has 0 radical (unpaired) electrons. The van der Waals surface area contributed by atoms with E-state index in [1.54, 1.807) is 0 Å². The number of rotatable bonds is 2. The largest absolute Gasteiger partial charge is 0.356 e. The van der Waals surface area contributed by atoms with Crippen LogP contribution in [0.5, 0.6) is 0 Å². The molecule has 14 heavy (non-hydrogen) atoms. The molecule has 1 aliphatic heterocycles. The van der Waals surface area contributed by atoms with Gasteiger partial charge in [0.15, 0.2) is 0 Å². The van der Waals surface area contributed by atoms with Gasteiger partial charge in [0.1, 0.15) is 5.82 Å². The molecule has 2 heterocycles. The van der Waals surface area contributed by atoms with E-state index in [-0.39, 0.29) is 6.04 Å². The predicted octanol–water partition coefficient (Wildman–Crippen LogP) is 1.70. The molecule has 1 aromatic rings.